The molecule has 0 aliphatic carbocycles. The summed E-state index contributed by atoms with van der Waals surface area (Å²) in [6.45, 7) is 3.19. The average molecular weight is 266 g/mol. The van der Waals surface area contributed by atoms with Gasteiger partial charge in [-0.25, -0.2) is 0 Å². The first-order valence-corrected chi connectivity index (χ1v) is 6.28. The molecule has 0 aromatic heterocycles. The number of carbonyl (C=O) groups is 3. The first kappa shape index (κ1) is 14.4. The quantitative estimate of drug-likeness (QED) is 0.828. The molecule has 1 rings (SSSR count). The Morgan fingerprint density at radius 2 is 1.78 bits per heavy atom. The zero-order chi connectivity index (χ0) is 13.7. The van der Waals surface area contributed by atoms with Crippen molar-refractivity contribution >= 4 is 28.6 Å². The fraction of sp³-hybridized carbons (Fsp3) is 0.308. The highest BCUT2D eigenvalue weighted by Crippen LogP contribution is 2.18. The number of hydrogen-bond donors (Lipinski definition) is 1. The maximum atomic E-state index is 11.9. The van der Waals surface area contributed by atoms with Gasteiger partial charge in [0.05, 0.1) is 0 Å². The van der Waals surface area contributed by atoms with Crippen molar-refractivity contribution in [2.24, 2.45) is 0 Å². The first-order chi connectivity index (χ1) is 8.40. The van der Waals surface area contributed by atoms with Crippen LogP contribution >= 0.6 is 11.8 Å². The summed E-state index contributed by atoms with van der Waals surface area (Å²) < 4.78 is 0. The van der Waals surface area contributed by atoms with Crippen LogP contribution in [-0.2, 0) is 9.59 Å². The zero-order valence-electron chi connectivity index (χ0n) is 10.2. The van der Waals surface area contributed by atoms with E-state index >= 15 is 0 Å². The molecule has 1 unspecified atom stereocenters. The lowest BCUT2D eigenvalue weighted by molar-refractivity contribution is -0.136. The molecule has 18 heavy (non-hydrogen) atoms. The maximum Gasteiger partial charge on any atom is 0.317 e. The number of hydrogen-bond acceptors (Lipinski definition) is 4. The molecular formula is C13H14O4S. The van der Waals surface area contributed by atoms with Gasteiger partial charge in [-0.15, -0.1) is 0 Å². The molecule has 0 radical (unpaired) electrons. The Morgan fingerprint density at radius 1 is 1.22 bits per heavy atom. The molecule has 0 fully saturated rings. The number of ketones is 1. The first-order valence-electron chi connectivity index (χ1n) is 5.40. The van der Waals surface area contributed by atoms with Gasteiger partial charge in [-0.1, -0.05) is 41.6 Å². The summed E-state index contributed by atoms with van der Waals surface area (Å²) in [5.41, 5.74) is 1.50. The van der Waals surface area contributed by atoms with Gasteiger partial charge < -0.3 is 5.11 Å². The van der Waals surface area contributed by atoms with E-state index < -0.39 is 11.2 Å². The molecule has 5 heteroatoms. The van der Waals surface area contributed by atoms with Crippen LogP contribution in [0.3, 0.4) is 0 Å². The minimum absolute atomic E-state index is 0.178. The van der Waals surface area contributed by atoms with E-state index in [-0.39, 0.29) is 17.3 Å². The molecule has 0 bridgehead atoms. The molecule has 0 aliphatic rings. The van der Waals surface area contributed by atoms with E-state index in [4.69, 9.17) is 5.11 Å². The lowest BCUT2D eigenvalue weighted by Gasteiger charge is -2.09. The van der Waals surface area contributed by atoms with Gasteiger partial charge in [-0.05, 0) is 6.92 Å². The lowest BCUT2D eigenvalue weighted by Crippen LogP contribution is -2.21. The van der Waals surface area contributed by atoms with Gasteiger partial charge >= 0.3 is 5.97 Å². The summed E-state index contributed by atoms with van der Waals surface area (Å²) in [4.78, 5) is 33.7. The zero-order valence-corrected chi connectivity index (χ0v) is 11.0. The van der Waals surface area contributed by atoms with Crippen LogP contribution in [0.25, 0.3) is 0 Å². The second kappa shape index (κ2) is 6.35. The van der Waals surface area contributed by atoms with Gasteiger partial charge in [0, 0.05) is 18.9 Å². The Bertz CT molecular complexity index is 464. The Labute approximate surface area is 109 Å². The predicted molar refractivity (Wildman–Crippen MR) is 69.8 cm³/mol. The number of aliphatic carboxylic acids is 1. The van der Waals surface area contributed by atoms with Crippen LogP contribution in [0, 0.1) is 6.92 Å². The highest BCUT2D eigenvalue weighted by molar-refractivity contribution is 8.14. The molecule has 1 atom stereocenters. The van der Waals surface area contributed by atoms with Gasteiger partial charge in [-0.2, -0.15) is 0 Å². The molecule has 96 valence electrons. The number of thioether (sulfide) groups is 1. The Kier molecular flexibility index (Phi) is 5.09. The van der Waals surface area contributed by atoms with Crippen molar-refractivity contribution < 1.29 is 19.5 Å². The number of benzene rings is 1. The smallest absolute Gasteiger partial charge is 0.317 e. The maximum absolute atomic E-state index is 11.9. The molecule has 0 saturated carbocycles. The number of carboxylic acids is 1. The molecule has 1 aromatic carbocycles. The SMILES string of the molecule is CC(=O)SC(CC(=O)c1ccc(C)cc1)C(=O)O. The van der Waals surface area contributed by atoms with E-state index in [9.17, 15) is 14.4 Å². The van der Waals surface area contributed by atoms with Gasteiger partial charge in [0.1, 0.15) is 5.25 Å². The van der Waals surface area contributed by atoms with Crippen molar-refractivity contribution in [3.63, 3.8) is 0 Å². The van der Waals surface area contributed by atoms with Crippen molar-refractivity contribution in [1.29, 1.82) is 0 Å². The molecular weight excluding hydrogens is 252 g/mol. The Balaban J connectivity index is 2.75. The van der Waals surface area contributed by atoms with Crippen molar-refractivity contribution in [2.75, 3.05) is 0 Å². The standard InChI is InChI=1S/C13H14O4S/c1-8-3-5-10(6-4-8)11(15)7-12(13(16)17)18-9(2)14/h3-6,12H,7H2,1-2H3,(H,16,17). The summed E-state index contributed by atoms with van der Waals surface area (Å²) in [6, 6.07) is 6.91. The minimum Gasteiger partial charge on any atom is -0.480 e. The predicted octanol–water partition coefficient (Wildman–Crippen LogP) is 2.30. The van der Waals surface area contributed by atoms with Gasteiger partial charge in [0.15, 0.2) is 10.9 Å². The van der Waals surface area contributed by atoms with Crippen molar-refractivity contribution in [3.8, 4) is 0 Å². The molecule has 1 N–H and O–H groups in total. The molecule has 0 heterocycles. The fourth-order valence-corrected chi connectivity index (χ4v) is 2.14. The van der Waals surface area contributed by atoms with Crippen molar-refractivity contribution in [3.05, 3.63) is 35.4 Å². The van der Waals surface area contributed by atoms with E-state index in [1.54, 1.807) is 24.3 Å². The molecule has 0 spiro atoms. The molecule has 0 saturated heterocycles. The van der Waals surface area contributed by atoms with Crippen LogP contribution in [0.15, 0.2) is 24.3 Å². The number of carboxylic acid groups (broad SMARTS) is 1. The van der Waals surface area contributed by atoms with E-state index in [1.165, 1.54) is 6.92 Å². The summed E-state index contributed by atoms with van der Waals surface area (Å²) >= 11 is 0.675. The van der Waals surface area contributed by atoms with Gasteiger partial charge in [0.25, 0.3) is 0 Å². The minimum atomic E-state index is -1.14. The van der Waals surface area contributed by atoms with Crippen LogP contribution in [0.2, 0.25) is 0 Å². The van der Waals surface area contributed by atoms with Crippen molar-refractivity contribution in [1.82, 2.24) is 0 Å². The Hall–Kier alpha value is -1.62. The number of Topliss-reactive ketones (excluding diaryl/α,β-unsaturated/α-hetero) is 1. The third-order valence-corrected chi connectivity index (χ3v) is 3.31. The number of rotatable bonds is 5. The van der Waals surface area contributed by atoms with Gasteiger partial charge in [0.2, 0.25) is 0 Å². The monoisotopic (exact) mass is 266 g/mol. The number of carbonyl (C=O) groups excluding carboxylic acids is 2. The second-order valence-electron chi connectivity index (χ2n) is 3.93. The van der Waals surface area contributed by atoms with Crippen LogP contribution in [0.5, 0.6) is 0 Å². The highest BCUT2D eigenvalue weighted by Gasteiger charge is 2.24. The van der Waals surface area contributed by atoms with E-state index in [0.29, 0.717) is 17.3 Å². The largest absolute Gasteiger partial charge is 0.480 e. The normalized spacial score (nSPS) is 11.9. The van der Waals surface area contributed by atoms with Crippen molar-refractivity contribution in [2.45, 2.75) is 25.5 Å². The molecule has 0 aliphatic heterocycles. The third kappa shape index (κ3) is 4.33. The Morgan fingerprint density at radius 3 is 2.22 bits per heavy atom. The van der Waals surface area contributed by atoms with E-state index in [1.807, 2.05) is 6.92 Å². The van der Waals surface area contributed by atoms with Crippen LogP contribution in [-0.4, -0.2) is 27.2 Å². The molecule has 0 amide bonds. The summed E-state index contributed by atoms with van der Waals surface area (Å²) in [7, 11) is 0. The third-order valence-electron chi connectivity index (χ3n) is 2.33. The number of aryl methyl sites for hydroxylation is 1. The summed E-state index contributed by atoms with van der Waals surface area (Å²) in [6.07, 6.45) is -0.178. The second-order valence-corrected chi connectivity index (χ2v) is 5.31. The fourth-order valence-electron chi connectivity index (χ4n) is 1.41. The lowest BCUT2D eigenvalue weighted by atomic mass is 10.1. The van der Waals surface area contributed by atoms with Crippen LogP contribution < -0.4 is 0 Å². The van der Waals surface area contributed by atoms with E-state index in [0.717, 1.165) is 5.56 Å². The highest BCUT2D eigenvalue weighted by atomic mass is 32.2. The summed E-state index contributed by atoms with van der Waals surface area (Å²) in [5, 5.41) is 7.61. The average Bonchev–Trinajstić information content (AvgIpc) is 2.28. The van der Waals surface area contributed by atoms with Gasteiger partial charge in [-0.3, -0.25) is 14.4 Å². The van der Waals surface area contributed by atoms with E-state index in [2.05, 4.69) is 0 Å². The molecule has 1 aromatic rings. The van der Waals surface area contributed by atoms with Crippen LogP contribution in [0.1, 0.15) is 29.3 Å². The topological polar surface area (TPSA) is 71.4 Å². The summed E-state index contributed by atoms with van der Waals surface area (Å²) in [5.74, 6) is -1.41. The molecule has 4 nitrogen and oxygen atoms in total. The van der Waals surface area contributed by atoms with Crippen LogP contribution in [0.4, 0.5) is 0 Å².